The van der Waals surface area contributed by atoms with Gasteiger partial charge in [0.15, 0.2) is 0 Å². The lowest BCUT2D eigenvalue weighted by molar-refractivity contribution is 0.450. The van der Waals surface area contributed by atoms with Gasteiger partial charge in [-0.2, -0.15) is 0 Å². The van der Waals surface area contributed by atoms with Crippen LogP contribution in [-0.4, -0.2) is 0 Å². The van der Waals surface area contributed by atoms with Gasteiger partial charge in [0.25, 0.3) is 0 Å². The van der Waals surface area contributed by atoms with Crippen molar-refractivity contribution in [1.82, 2.24) is 0 Å². The zero-order chi connectivity index (χ0) is 13.7. The number of nitrogens with two attached hydrogens (primary N) is 1. The lowest BCUT2D eigenvalue weighted by atomic mass is 9.93. The zero-order valence-corrected chi connectivity index (χ0v) is 12.8. The number of benzene rings is 2. The predicted molar refractivity (Wildman–Crippen MR) is 86.6 cm³/mol. The third kappa shape index (κ3) is 4.26. The van der Waals surface area contributed by atoms with Crippen molar-refractivity contribution in [2.75, 3.05) is 0 Å². The van der Waals surface area contributed by atoms with Crippen molar-refractivity contribution in [3.05, 3.63) is 60.2 Å². The molecule has 0 saturated heterocycles. The van der Waals surface area contributed by atoms with E-state index in [2.05, 4.69) is 19.9 Å². The highest BCUT2D eigenvalue weighted by atomic mass is 35.5. The second-order valence-corrected chi connectivity index (χ2v) is 4.90. The molecule has 2 aromatic carbocycles. The molecule has 1 unspecified atom stereocenters. The number of hydrogen-bond donors (Lipinski definition) is 1. The molecule has 0 aliphatic rings. The summed E-state index contributed by atoms with van der Waals surface area (Å²) < 4.78 is 5.83. The fourth-order valence-electron chi connectivity index (χ4n) is 1.99. The van der Waals surface area contributed by atoms with E-state index in [9.17, 15) is 0 Å². The Bertz CT molecular complexity index is 515. The Labute approximate surface area is 127 Å². The minimum absolute atomic E-state index is 0. The van der Waals surface area contributed by atoms with Gasteiger partial charge in [-0.05, 0) is 35.7 Å². The standard InChI is InChI=1S/C17H21NO.ClH/c1-3-13(2)17(18)14-8-7-11-16(12-14)19-15-9-5-4-6-10-15;/h4-13,17H,3,18H2,1-2H3;1H/t13?,17-;/m0./s1. The average Bonchev–Trinajstić information content (AvgIpc) is 2.47. The minimum atomic E-state index is 0. The molecule has 2 rings (SSSR count). The van der Waals surface area contributed by atoms with E-state index in [4.69, 9.17) is 10.5 Å². The third-order valence-electron chi connectivity index (χ3n) is 3.48. The normalized spacial score (nSPS) is 13.2. The van der Waals surface area contributed by atoms with Gasteiger partial charge >= 0.3 is 0 Å². The summed E-state index contributed by atoms with van der Waals surface area (Å²) in [5.41, 5.74) is 7.38. The van der Waals surface area contributed by atoms with Crippen molar-refractivity contribution in [2.45, 2.75) is 26.3 Å². The summed E-state index contributed by atoms with van der Waals surface area (Å²) in [5, 5.41) is 0. The van der Waals surface area contributed by atoms with Gasteiger partial charge in [0.05, 0.1) is 0 Å². The Morgan fingerprint density at radius 3 is 2.30 bits per heavy atom. The summed E-state index contributed by atoms with van der Waals surface area (Å²) in [6.45, 7) is 4.34. The van der Waals surface area contributed by atoms with Crippen LogP contribution < -0.4 is 10.5 Å². The molecule has 0 saturated carbocycles. The van der Waals surface area contributed by atoms with Gasteiger partial charge in [-0.1, -0.05) is 50.6 Å². The summed E-state index contributed by atoms with van der Waals surface area (Å²) in [5.74, 6) is 2.14. The topological polar surface area (TPSA) is 35.2 Å². The SMILES string of the molecule is CCC(C)[C@H](N)c1cccc(Oc2ccccc2)c1.Cl. The van der Waals surface area contributed by atoms with Crippen LogP contribution in [0, 0.1) is 5.92 Å². The molecule has 2 atom stereocenters. The van der Waals surface area contributed by atoms with Gasteiger partial charge in [0, 0.05) is 6.04 Å². The van der Waals surface area contributed by atoms with Gasteiger partial charge in [-0.15, -0.1) is 12.4 Å². The van der Waals surface area contributed by atoms with Crippen LogP contribution in [-0.2, 0) is 0 Å². The molecule has 2 aromatic rings. The Morgan fingerprint density at radius 2 is 1.65 bits per heavy atom. The van der Waals surface area contributed by atoms with Crippen molar-refractivity contribution in [2.24, 2.45) is 11.7 Å². The monoisotopic (exact) mass is 291 g/mol. The largest absolute Gasteiger partial charge is 0.457 e. The Morgan fingerprint density at radius 1 is 1.00 bits per heavy atom. The van der Waals surface area contributed by atoms with E-state index in [0.717, 1.165) is 23.5 Å². The maximum atomic E-state index is 6.26. The fraction of sp³-hybridized carbons (Fsp3) is 0.294. The van der Waals surface area contributed by atoms with Crippen LogP contribution in [0.2, 0.25) is 0 Å². The second-order valence-electron chi connectivity index (χ2n) is 4.90. The lowest BCUT2D eigenvalue weighted by Crippen LogP contribution is -2.18. The van der Waals surface area contributed by atoms with Crippen molar-refractivity contribution in [3.63, 3.8) is 0 Å². The van der Waals surface area contributed by atoms with Crippen LogP contribution in [0.25, 0.3) is 0 Å². The first kappa shape index (κ1) is 16.5. The van der Waals surface area contributed by atoms with E-state index in [1.807, 2.05) is 48.5 Å². The molecule has 0 radical (unpaired) electrons. The van der Waals surface area contributed by atoms with E-state index >= 15 is 0 Å². The number of ether oxygens (including phenoxy) is 1. The Kier molecular flexibility index (Phi) is 6.56. The smallest absolute Gasteiger partial charge is 0.127 e. The van der Waals surface area contributed by atoms with Crippen LogP contribution in [0.3, 0.4) is 0 Å². The molecule has 2 nitrogen and oxygen atoms in total. The first-order valence-corrected chi connectivity index (χ1v) is 6.79. The van der Waals surface area contributed by atoms with Crippen molar-refractivity contribution >= 4 is 12.4 Å². The van der Waals surface area contributed by atoms with Crippen LogP contribution in [0.5, 0.6) is 11.5 Å². The van der Waals surface area contributed by atoms with Gasteiger partial charge in [0.1, 0.15) is 11.5 Å². The summed E-state index contributed by atoms with van der Waals surface area (Å²) >= 11 is 0. The van der Waals surface area contributed by atoms with E-state index < -0.39 is 0 Å². The van der Waals surface area contributed by atoms with Gasteiger partial charge < -0.3 is 10.5 Å². The van der Waals surface area contributed by atoms with Crippen LogP contribution >= 0.6 is 12.4 Å². The minimum Gasteiger partial charge on any atom is -0.457 e. The molecule has 0 fully saturated rings. The molecule has 108 valence electrons. The van der Waals surface area contributed by atoms with Gasteiger partial charge in [0.2, 0.25) is 0 Å². The molecular formula is C17H22ClNO. The molecule has 0 spiro atoms. The number of rotatable bonds is 5. The molecule has 2 N–H and O–H groups in total. The van der Waals surface area contributed by atoms with Crippen molar-refractivity contribution in [1.29, 1.82) is 0 Å². The summed E-state index contributed by atoms with van der Waals surface area (Å²) in [7, 11) is 0. The summed E-state index contributed by atoms with van der Waals surface area (Å²) in [6.07, 6.45) is 1.07. The molecule has 0 bridgehead atoms. The molecule has 0 amide bonds. The van der Waals surface area contributed by atoms with Crippen LogP contribution in [0.4, 0.5) is 0 Å². The first-order valence-electron chi connectivity index (χ1n) is 6.79. The Balaban J connectivity index is 0.00000200. The highest BCUT2D eigenvalue weighted by Gasteiger charge is 2.13. The molecule has 0 aliphatic carbocycles. The van der Waals surface area contributed by atoms with Gasteiger partial charge in [-0.3, -0.25) is 0 Å². The van der Waals surface area contributed by atoms with E-state index in [0.29, 0.717) is 5.92 Å². The zero-order valence-electron chi connectivity index (χ0n) is 12.0. The molecule has 3 heteroatoms. The first-order chi connectivity index (χ1) is 9.20. The van der Waals surface area contributed by atoms with E-state index in [-0.39, 0.29) is 18.4 Å². The maximum Gasteiger partial charge on any atom is 0.127 e. The number of hydrogen-bond acceptors (Lipinski definition) is 2. The van der Waals surface area contributed by atoms with E-state index in [1.165, 1.54) is 0 Å². The third-order valence-corrected chi connectivity index (χ3v) is 3.48. The molecule has 20 heavy (non-hydrogen) atoms. The number of halogens is 1. The molecule has 0 aromatic heterocycles. The number of para-hydroxylation sites is 1. The van der Waals surface area contributed by atoms with Crippen molar-refractivity contribution < 1.29 is 4.74 Å². The summed E-state index contributed by atoms with van der Waals surface area (Å²) in [4.78, 5) is 0. The fourth-order valence-corrected chi connectivity index (χ4v) is 1.99. The quantitative estimate of drug-likeness (QED) is 0.846. The van der Waals surface area contributed by atoms with Crippen molar-refractivity contribution in [3.8, 4) is 11.5 Å². The van der Waals surface area contributed by atoms with Gasteiger partial charge in [-0.25, -0.2) is 0 Å². The highest BCUT2D eigenvalue weighted by Crippen LogP contribution is 2.27. The predicted octanol–water partition coefficient (Wildman–Crippen LogP) is 4.95. The average molecular weight is 292 g/mol. The molecular weight excluding hydrogens is 270 g/mol. The van der Waals surface area contributed by atoms with E-state index in [1.54, 1.807) is 0 Å². The molecule has 0 aliphatic heterocycles. The summed E-state index contributed by atoms with van der Waals surface area (Å²) in [6, 6.07) is 17.9. The van der Waals surface area contributed by atoms with Crippen LogP contribution in [0.1, 0.15) is 31.9 Å². The maximum absolute atomic E-state index is 6.26. The lowest BCUT2D eigenvalue weighted by Gasteiger charge is -2.19. The highest BCUT2D eigenvalue weighted by molar-refractivity contribution is 5.85. The molecule has 0 heterocycles. The Hall–Kier alpha value is -1.51. The van der Waals surface area contributed by atoms with Crippen LogP contribution in [0.15, 0.2) is 54.6 Å². The second kappa shape index (κ2) is 7.93.